The van der Waals surface area contributed by atoms with Crippen LogP contribution in [-0.2, 0) is 7.05 Å². The van der Waals surface area contributed by atoms with Crippen molar-refractivity contribution >= 4 is 17.0 Å². The van der Waals surface area contributed by atoms with E-state index >= 15 is 0 Å². The number of rotatable bonds is 3. The Morgan fingerprint density at radius 1 is 1.11 bits per heavy atom. The molecular weight excluding hydrogens is 242 g/mol. The van der Waals surface area contributed by atoms with Gasteiger partial charge >= 0.3 is 0 Å². The molecule has 2 aromatic heterocycles. The molecule has 2 heterocycles. The Hall–Kier alpha value is -2.57. The van der Waals surface area contributed by atoms with E-state index in [9.17, 15) is 0 Å². The summed E-state index contributed by atoms with van der Waals surface area (Å²) in [6, 6.07) is 7.57. The van der Waals surface area contributed by atoms with Gasteiger partial charge < -0.3 is 9.88 Å². The monoisotopic (exact) mass is 255 g/mol. The van der Waals surface area contributed by atoms with E-state index in [0.29, 0.717) is 5.95 Å². The average molecular weight is 255 g/mol. The Balaban J connectivity index is 1.87. The molecule has 0 aliphatic rings. The van der Waals surface area contributed by atoms with Crippen molar-refractivity contribution in [2.24, 2.45) is 7.05 Å². The molecule has 0 amide bonds. The second kappa shape index (κ2) is 4.60. The minimum Gasteiger partial charge on any atom is -0.343 e. The summed E-state index contributed by atoms with van der Waals surface area (Å²) in [6.07, 6.45) is 1.66. The molecule has 0 saturated heterocycles. The third kappa shape index (κ3) is 2.22. The molecule has 1 aromatic carbocycles. The summed E-state index contributed by atoms with van der Waals surface area (Å²) in [4.78, 5) is 4.41. The summed E-state index contributed by atoms with van der Waals surface area (Å²) in [6.45, 7) is 1.97. The van der Waals surface area contributed by atoms with Crippen molar-refractivity contribution in [2.45, 2.75) is 13.0 Å². The van der Waals surface area contributed by atoms with E-state index in [2.05, 4.69) is 30.7 Å². The summed E-state index contributed by atoms with van der Waals surface area (Å²) in [5.74, 6) is 1.30. The number of hydrogen-bond donors (Lipinski definition) is 1. The highest BCUT2D eigenvalue weighted by atomic mass is 15.3. The summed E-state index contributed by atoms with van der Waals surface area (Å²) < 4.78 is 1.85. The zero-order valence-electron chi connectivity index (χ0n) is 10.6. The van der Waals surface area contributed by atoms with Gasteiger partial charge in [0.15, 0.2) is 5.82 Å². The van der Waals surface area contributed by atoms with Gasteiger partial charge in [-0.05, 0) is 19.1 Å². The molecule has 3 rings (SSSR count). The smallest absolute Gasteiger partial charge is 0.243 e. The first kappa shape index (κ1) is 11.5. The van der Waals surface area contributed by atoms with Crippen molar-refractivity contribution in [3.63, 3.8) is 0 Å². The molecule has 0 radical (unpaired) electrons. The van der Waals surface area contributed by atoms with Gasteiger partial charge in [-0.3, -0.25) is 0 Å². The Bertz CT molecular complexity index is 706. The fourth-order valence-electron chi connectivity index (χ4n) is 1.88. The molecule has 0 aliphatic heterocycles. The number of nitrogens with zero attached hydrogens (tertiary/aromatic N) is 6. The minimum atomic E-state index is -0.0459. The van der Waals surface area contributed by atoms with Gasteiger partial charge in [-0.2, -0.15) is 0 Å². The second-order valence-electron chi connectivity index (χ2n) is 4.29. The van der Waals surface area contributed by atoms with Crippen molar-refractivity contribution in [2.75, 3.05) is 5.32 Å². The molecule has 1 N–H and O–H groups in total. The van der Waals surface area contributed by atoms with E-state index in [1.165, 1.54) is 0 Å². The van der Waals surface area contributed by atoms with Crippen LogP contribution in [0.25, 0.3) is 11.0 Å². The molecule has 96 valence electrons. The molecule has 7 heteroatoms. The quantitative estimate of drug-likeness (QED) is 0.760. The standard InChI is InChI=1S/C12H13N7/c1-8(11-17-13-7-19(11)2)14-12-15-9-5-3-4-6-10(9)16-18-12/h3-8H,1-2H3,(H,14,15,18). The van der Waals surface area contributed by atoms with Crippen molar-refractivity contribution in [1.29, 1.82) is 0 Å². The van der Waals surface area contributed by atoms with E-state index in [1.807, 2.05) is 42.8 Å². The van der Waals surface area contributed by atoms with Gasteiger partial charge in [0.05, 0.1) is 11.6 Å². The fourth-order valence-corrected chi connectivity index (χ4v) is 1.88. The maximum absolute atomic E-state index is 4.41. The third-order valence-corrected chi connectivity index (χ3v) is 2.84. The largest absolute Gasteiger partial charge is 0.343 e. The third-order valence-electron chi connectivity index (χ3n) is 2.84. The lowest BCUT2D eigenvalue weighted by molar-refractivity contribution is 0.710. The highest BCUT2D eigenvalue weighted by Gasteiger charge is 2.12. The maximum Gasteiger partial charge on any atom is 0.243 e. The Morgan fingerprint density at radius 3 is 2.63 bits per heavy atom. The van der Waals surface area contributed by atoms with E-state index in [0.717, 1.165) is 16.9 Å². The zero-order valence-corrected chi connectivity index (χ0v) is 10.6. The van der Waals surface area contributed by atoms with Gasteiger partial charge in [-0.25, -0.2) is 4.98 Å². The molecule has 7 nitrogen and oxygen atoms in total. The van der Waals surface area contributed by atoms with Crippen LogP contribution in [0.4, 0.5) is 5.95 Å². The van der Waals surface area contributed by atoms with Crippen LogP contribution in [0.2, 0.25) is 0 Å². The van der Waals surface area contributed by atoms with Gasteiger partial charge in [-0.1, -0.05) is 12.1 Å². The minimum absolute atomic E-state index is 0.0459. The van der Waals surface area contributed by atoms with Crippen molar-refractivity contribution < 1.29 is 0 Å². The van der Waals surface area contributed by atoms with E-state index in [4.69, 9.17) is 0 Å². The topological polar surface area (TPSA) is 81.4 Å². The Labute approximate surface area is 109 Å². The number of aryl methyl sites for hydroxylation is 1. The Kier molecular flexibility index (Phi) is 2.79. The fraction of sp³-hybridized carbons (Fsp3) is 0.250. The molecule has 19 heavy (non-hydrogen) atoms. The molecule has 0 spiro atoms. The number of nitrogens with one attached hydrogen (secondary N) is 1. The Morgan fingerprint density at radius 2 is 1.89 bits per heavy atom. The second-order valence-corrected chi connectivity index (χ2v) is 4.29. The predicted molar refractivity (Wildman–Crippen MR) is 70.4 cm³/mol. The highest BCUT2D eigenvalue weighted by molar-refractivity contribution is 5.74. The lowest BCUT2D eigenvalue weighted by atomic mass is 10.3. The van der Waals surface area contributed by atoms with Crippen molar-refractivity contribution in [3.05, 3.63) is 36.4 Å². The predicted octanol–water partition coefficient (Wildman–Crippen LogP) is 1.33. The van der Waals surface area contributed by atoms with Gasteiger partial charge in [0.25, 0.3) is 0 Å². The van der Waals surface area contributed by atoms with E-state index < -0.39 is 0 Å². The van der Waals surface area contributed by atoms with Crippen LogP contribution in [0, 0.1) is 0 Å². The first-order valence-corrected chi connectivity index (χ1v) is 5.94. The van der Waals surface area contributed by atoms with E-state index in [1.54, 1.807) is 6.33 Å². The van der Waals surface area contributed by atoms with Gasteiger partial charge in [-0.15, -0.1) is 20.4 Å². The molecule has 1 unspecified atom stereocenters. The van der Waals surface area contributed by atoms with Crippen LogP contribution >= 0.6 is 0 Å². The molecule has 3 aromatic rings. The summed E-state index contributed by atoms with van der Waals surface area (Å²) in [7, 11) is 1.90. The van der Waals surface area contributed by atoms with Crippen LogP contribution < -0.4 is 5.32 Å². The van der Waals surface area contributed by atoms with Crippen LogP contribution in [0.1, 0.15) is 18.8 Å². The van der Waals surface area contributed by atoms with Gasteiger partial charge in [0.1, 0.15) is 11.8 Å². The molecule has 0 aliphatic carbocycles. The number of para-hydroxylation sites is 1. The number of hydrogen-bond acceptors (Lipinski definition) is 6. The highest BCUT2D eigenvalue weighted by Crippen LogP contribution is 2.15. The first-order valence-electron chi connectivity index (χ1n) is 5.94. The van der Waals surface area contributed by atoms with Crippen molar-refractivity contribution in [1.82, 2.24) is 29.9 Å². The number of fused-ring (bicyclic) bond motifs is 1. The SMILES string of the molecule is CC(Nc1nnc2ccccc2n1)c1nncn1C. The summed E-state index contributed by atoms with van der Waals surface area (Å²) in [5, 5.41) is 19.2. The van der Waals surface area contributed by atoms with Gasteiger partial charge in [0, 0.05) is 7.05 Å². The number of aromatic nitrogens is 6. The molecule has 0 fully saturated rings. The van der Waals surface area contributed by atoms with Gasteiger partial charge in [0.2, 0.25) is 5.95 Å². The maximum atomic E-state index is 4.41. The summed E-state index contributed by atoms with van der Waals surface area (Å²) >= 11 is 0. The first-order chi connectivity index (χ1) is 9.24. The van der Waals surface area contributed by atoms with Crippen LogP contribution in [0.15, 0.2) is 30.6 Å². The molecule has 1 atom stereocenters. The van der Waals surface area contributed by atoms with Crippen LogP contribution in [0.5, 0.6) is 0 Å². The lowest BCUT2D eigenvalue weighted by Crippen LogP contribution is -2.14. The summed E-state index contributed by atoms with van der Waals surface area (Å²) in [5.41, 5.74) is 1.59. The van der Waals surface area contributed by atoms with Crippen LogP contribution in [0.3, 0.4) is 0 Å². The number of anilines is 1. The van der Waals surface area contributed by atoms with Crippen molar-refractivity contribution in [3.8, 4) is 0 Å². The normalized spacial score (nSPS) is 12.5. The number of benzene rings is 1. The van der Waals surface area contributed by atoms with Crippen LogP contribution in [-0.4, -0.2) is 29.9 Å². The average Bonchev–Trinajstić information content (AvgIpc) is 2.85. The van der Waals surface area contributed by atoms with E-state index in [-0.39, 0.29) is 6.04 Å². The zero-order chi connectivity index (χ0) is 13.2. The molecule has 0 bridgehead atoms. The molecular formula is C12H13N7. The molecule has 0 saturated carbocycles. The lowest BCUT2D eigenvalue weighted by Gasteiger charge is -2.12.